The Morgan fingerprint density at radius 2 is 1.88 bits per heavy atom. The van der Waals surface area contributed by atoms with Gasteiger partial charge in [0.2, 0.25) is 10.0 Å². The third-order valence-electron chi connectivity index (χ3n) is 6.07. The molecule has 2 aromatic carbocycles. The van der Waals surface area contributed by atoms with Crippen molar-refractivity contribution in [1.82, 2.24) is 0 Å². The van der Waals surface area contributed by atoms with Crippen LogP contribution in [0.4, 0.5) is 11.4 Å². The lowest BCUT2D eigenvalue weighted by atomic mass is 9.62. The van der Waals surface area contributed by atoms with Crippen molar-refractivity contribution in [2.24, 2.45) is 16.6 Å². The summed E-state index contributed by atoms with van der Waals surface area (Å²) in [5.74, 6) is -2.24. The second-order valence-corrected chi connectivity index (χ2v) is 12.9. The van der Waals surface area contributed by atoms with E-state index in [4.69, 9.17) is 0 Å². The van der Waals surface area contributed by atoms with Crippen LogP contribution in [0.15, 0.2) is 47.2 Å². The van der Waals surface area contributed by atoms with Gasteiger partial charge >= 0.3 is 7.52 Å². The van der Waals surface area contributed by atoms with E-state index in [9.17, 15) is 27.5 Å². The number of nitrogens with zero attached hydrogens (tertiary/aromatic N) is 1. The lowest BCUT2D eigenvalue weighted by Crippen LogP contribution is -2.51. The molecule has 34 heavy (non-hydrogen) atoms. The third-order valence-corrected chi connectivity index (χ3v) is 8.16. The van der Waals surface area contributed by atoms with Gasteiger partial charge < -0.3 is 10.2 Å². The van der Waals surface area contributed by atoms with Crippen LogP contribution in [0.25, 0.3) is 0 Å². The lowest BCUT2D eigenvalue weighted by Gasteiger charge is -2.39. The van der Waals surface area contributed by atoms with E-state index in [0.29, 0.717) is 17.5 Å². The molecule has 0 amide bonds. The Bertz CT molecular complexity index is 1400. The van der Waals surface area contributed by atoms with Crippen molar-refractivity contribution in [2.45, 2.75) is 32.6 Å². The molecule has 180 valence electrons. The lowest BCUT2D eigenvalue weighted by molar-refractivity contribution is -0.126. The molecule has 0 aromatic heterocycles. The fraction of sp³-hybridized carbons (Fsp3) is 0.348. The first-order valence-corrected chi connectivity index (χ1v) is 14.2. The number of sulfonamides is 1. The van der Waals surface area contributed by atoms with Crippen molar-refractivity contribution in [3.8, 4) is 0 Å². The summed E-state index contributed by atoms with van der Waals surface area (Å²) in [7, 11) is -8.01. The molecule has 0 fully saturated rings. The summed E-state index contributed by atoms with van der Waals surface area (Å²) in [4.78, 5) is 38.0. The van der Waals surface area contributed by atoms with Gasteiger partial charge in [0.1, 0.15) is 11.8 Å². The van der Waals surface area contributed by atoms with Crippen LogP contribution in [0.2, 0.25) is 0 Å². The smallest absolute Gasteiger partial charge is 0.342 e. The van der Waals surface area contributed by atoms with Crippen molar-refractivity contribution < 1.29 is 27.5 Å². The largest absolute Gasteiger partial charge is 0.345 e. The standard InChI is InChI=1S/C23H26N3O6PS/c1-13(2)12-23(3)16-8-6-5-7-15(16)20(27)19(21(23)28)22-24-17-10-9-14(26-34(4,31)32)11-18(17)33(29,30)25-22/h5-11,13,19,26H,12H2,1-4H3,(H2,24,25,29,30). The predicted molar refractivity (Wildman–Crippen MR) is 132 cm³/mol. The molecular formula is C23H26N3O6PS. The van der Waals surface area contributed by atoms with Gasteiger partial charge in [-0.1, -0.05) is 38.1 Å². The van der Waals surface area contributed by atoms with E-state index in [0.717, 1.165) is 6.26 Å². The van der Waals surface area contributed by atoms with Crippen molar-refractivity contribution >= 4 is 51.6 Å². The molecule has 1 aliphatic heterocycles. The van der Waals surface area contributed by atoms with Gasteiger partial charge in [0.25, 0.3) is 0 Å². The molecule has 3 atom stereocenters. The Hall–Kier alpha value is -2.81. The van der Waals surface area contributed by atoms with E-state index in [2.05, 4.69) is 14.8 Å². The Morgan fingerprint density at radius 1 is 1.21 bits per heavy atom. The van der Waals surface area contributed by atoms with E-state index < -0.39 is 34.7 Å². The minimum Gasteiger partial charge on any atom is -0.342 e. The molecular weight excluding hydrogens is 477 g/mol. The van der Waals surface area contributed by atoms with Crippen LogP contribution in [0.3, 0.4) is 0 Å². The molecule has 0 spiro atoms. The summed E-state index contributed by atoms with van der Waals surface area (Å²) in [6.07, 6.45) is 1.46. The van der Waals surface area contributed by atoms with Crippen LogP contribution in [-0.2, 0) is 24.8 Å². The maximum Gasteiger partial charge on any atom is 0.345 e. The Labute approximate surface area is 198 Å². The van der Waals surface area contributed by atoms with Crippen LogP contribution in [0, 0.1) is 11.8 Å². The number of amidine groups is 1. The van der Waals surface area contributed by atoms with Crippen LogP contribution in [-0.4, -0.2) is 37.0 Å². The number of nitrogens with one attached hydrogen (secondary N) is 2. The number of hydrogen-bond acceptors (Lipinski definition) is 6. The SMILES string of the molecule is CC(C)CC1(C)C(=O)C(C2=NP(=O)(O)c3cc(NS(C)(=O)=O)ccc3N2)C(=O)c2ccccc21. The normalized spacial score (nSPS) is 26.4. The topological polar surface area (TPSA) is 142 Å². The Balaban J connectivity index is 1.81. The minimum atomic E-state index is -4.41. The third kappa shape index (κ3) is 4.21. The summed E-state index contributed by atoms with van der Waals surface area (Å²) >= 11 is 0. The quantitative estimate of drug-likeness (QED) is 0.420. The molecule has 3 N–H and O–H groups in total. The number of hydrogen-bond donors (Lipinski definition) is 3. The number of ketones is 2. The summed E-state index contributed by atoms with van der Waals surface area (Å²) in [6, 6.07) is 11.0. The van der Waals surface area contributed by atoms with E-state index in [1.54, 1.807) is 31.2 Å². The second kappa shape index (κ2) is 8.15. The molecule has 2 aliphatic rings. The summed E-state index contributed by atoms with van der Waals surface area (Å²) in [6.45, 7) is 5.78. The van der Waals surface area contributed by atoms with Crippen molar-refractivity contribution in [2.75, 3.05) is 16.3 Å². The number of Topliss-reactive ketones (excluding diaryl/α,β-unsaturated/α-hetero) is 2. The van der Waals surface area contributed by atoms with Crippen molar-refractivity contribution in [1.29, 1.82) is 0 Å². The zero-order valence-electron chi connectivity index (χ0n) is 19.2. The van der Waals surface area contributed by atoms with Crippen LogP contribution >= 0.6 is 7.52 Å². The Kier molecular flexibility index (Phi) is 5.83. The maximum atomic E-state index is 13.8. The number of benzene rings is 2. The molecule has 0 bridgehead atoms. The first-order valence-electron chi connectivity index (χ1n) is 10.7. The highest BCUT2D eigenvalue weighted by molar-refractivity contribution is 7.92. The first kappa shape index (κ1) is 24.3. The Morgan fingerprint density at radius 3 is 2.53 bits per heavy atom. The fourth-order valence-electron chi connectivity index (χ4n) is 4.83. The van der Waals surface area contributed by atoms with Crippen molar-refractivity contribution in [3.05, 3.63) is 53.6 Å². The highest BCUT2D eigenvalue weighted by Gasteiger charge is 2.52. The zero-order chi connectivity index (χ0) is 25.1. The molecule has 9 nitrogen and oxygen atoms in total. The van der Waals surface area contributed by atoms with Crippen LogP contribution in [0.5, 0.6) is 0 Å². The summed E-state index contributed by atoms with van der Waals surface area (Å²) in [5.41, 5.74) is 0.344. The molecule has 0 saturated carbocycles. The number of anilines is 2. The number of carbonyl (C=O) groups is 2. The number of carbonyl (C=O) groups excluding carboxylic acids is 2. The first-order chi connectivity index (χ1) is 15.7. The highest BCUT2D eigenvalue weighted by atomic mass is 32.2. The summed E-state index contributed by atoms with van der Waals surface area (Å²) < 4.78 is 42.4. The van der Waals surface area contributed by atoms with E-state index in [-0.39, 0.29) is 34.2 Å². The van der Waals surface area contributed by atoms with Crippen LogP contribution < -0.4 is 15.3 Å². The molecule has 0 radical (unpaired) electrons. The molecule has 2 aromatic rings. The van der Waals surface area contributed by atoms with Gasteiger partial charge in [-0.05, 0) is 43.0 Å². The van der Waals surface area contributed by atoms with Gasteiger partial charge in [0.15, 0.2) is 11.6 Å². The average Bonchev–Trinajstić information content (AvgIpc) is 2.71. The average molecular weight is 504 g/mol. The molecule has 4 rings (SSSR count). The predicted octanol–water partition coefficient (Wildman–Crippen LogP) is 3.08. The summed E-state index contributed by atoms with van der Waals surface area (Å²) in [5, 5.41) is 2.77. The molecule has 1 heterocycles. The van der Waals surface area contributed by atoms with E-state index in [1.807, 2.05) is 13.8 Å². The number of rotatable bonds is 5. The molecule has 3 unspecified atom stereocenters. The highest BCUT2D eigenvalue weighted by Crippen LogP contribution is 2.49. The number of fused-ring (bicyclic) bond motifs is 2. The second-order valence-electron chi connectivity index (χ2n) is 9.40. The minimum absolute atomic E-state index is 0.0965. The van der Waals surface area contributed by atoms with Gasteiger partial charge in [-0.3, -0.25) is 18.9 Å². The van der Waals surface area contributed by atoms with Gasteiger partial charge in [-0.15, -0.1) is 0 Å². The van der Waals surface area contributed by atoms with E-state index in [1.165, 1.54) is 18.2 Å². The van der Waals surface area contributed by atoms with Gasteiger partial charge in [-0.25, -0.2) is 8.42 Å². The molecule has 11 heteroatoms. The van der Waals surface area contributed by atoms with Gasteiger partial charge in [0, 0.05) is 11.3 Å². The van der Waals surface area contributed by atoms with Gasteiger partial charge in [0.05, 0.1) is 22.7 Å². The zero-order valence-corrected chi connectivity index (χ0v) is 20.9. The van der Waals surface area contributed by atoms with E-state index >= 15 is 0 Å². The maximum absolute atomic E-state index is 13.8. The fourth-order valence-corrected chi connectivity index (χ4v) is 6.70. The molecule has 0 saturated heterocycles. The molecule has 1 aliphatic carbocycles. The van der Waals surface area contributed by atoms with Crippen molar-refractivity contribution in [3.63, 3.8) is 0 Å². The van der Waals surface area contributed by atoms with Gasteiger partial charge in [-0.2, -0.15) is 4.76 Å². The van der Waals surface area contributed by atoms with Crippen LogP contribution in [0.1, 0.15) is 43.1 Å². The monoisotopic (exact) mass is 503 g/mol.